The molecule has 0 radical (unpaired) electrons. The number of rotatable bonds is 4. The number of sulfone groups is 1. The summed E-state index contributed by atoms with van der Waals surface area (Å²) in [5, 5.41) is 3.99. The van der Waals surface area contributed by atoms with Gasteiger partial charge in [0, 0.05) is 22.4 Å². The molecule has 3 heterocycles. The summed E-state index contributed by atoms with van der Waals surface area (Å²) in [6.45, 7) is 1.44. The van der Waals surface area contributed by atoms with Crippen molar-refractivity contribution >= 4 is 31.4 Å². The first kappa shape index (κ1) is 22.2. The molecule has 4 rings (SSSR count). The van der Waals surface area contributed by atoms with Crippen LogP contribution < -0.4 is 5.69 Å². The number of alkyl halides is 3. The summed E-state index contributed by atoms with van der Waals surface area (Å²) < 4.78 is 66.9. The van der Waals surface area contributed by atoms with E-state index in [2.05, 4.69) is 26.0 Å². The maximum Gasteiger partial charge on any atom is 0.417 e. The first-order valence-electron chi connectivity index (χ1n) is 9.19. The Kier molecular flexibility index (Phi) is 5.45. The van der Waals surface area contributed by atoms with Gasteiger partial charge in [-0.25, -0.2) is 22.6 Å². The van der Waals surface area contributed by atoms with Crippen molar-refractivity contribution in [2.75, 3.05) is 5.75 Å². The summed E-state index contributed by atoms with van der Waals surface area (Å²) in [5.41, 5.74) is -0.905. The van der Waals surface area contributed by atoms with E-state index in [1.54, 1.807) is 24.3 Å². The second kappa shape index (κ2) is 7.85. The van der Waals surface area contributed by atoms with Crippen molar-refractivity contribution in [3.8, 4) is 16.9 Å². The number of fused-ring (bicyclic) bond motifs is 1. The topological polar surface area (TPSA) is 86.3 Å². The molecule has 32 heavy (non-hydrogen) atoms. The Morgan fingerprint density at radius 2 is 1.75 bits per heavy atom. The second-order valence-corrected chi connectivity index (χ2v) is 9.96. The Morgan fingerprint density at radius 1 is 1.06 bits per heavy atom. The number of hydrogen-bond donors (Lipinski definition) is 0. The highest BCUT2D eigenvalue weighted by Gasteiger charge is 2.31. The van der Waals surface area contributed by atoms with Crippen molar-refractivity contribution < 1.29 is 21.6 Å². The van der Waals surface area contributed by atoms with Crippen LogP contribution in [0.25, 0.3) is 22.6 Å². The zero-order valence-electron chi connectivity index (χ0n) is 16.3. The third kappa shape index (κ3) is 3.95. The van der Waals surface area contributed by atoms with Crippen LogP contribution in [0.3, 0.4) is 0 Å². The molecule has 0 spiro atoms. The summed E-state index contributed by atoms with van der Waals surface area (Å²) in [6.07, 6.45) is -2.66. The zero-order chi connectivity index (χ0) is 23.3. The van der Waals surface area contributed by atoms with Gasteiger partial charge < -0.3 is 0 Å². The smallest absolute Gasteiger partial charge is 0.249 e. The minimum absolute atomic E-state index is 0.0818. The molecule has 4 aromatic rings. The number of pyridine rings is 2. The number of hydrogen-bond acceptors (Lipinski definition) is 5. The lowest BCUT2D eigenvalue weighted by Crippen LogP contribution is -2.23. The van der Waals surface area contributed by atoms with Gasteiger partial charge in [0.05, 0.1) is 11.3 Å². The highest BCUT2D eigenvalue weighted by molar-refractivity contribution is 9.10. The molecule has 0 saturated carbocycles. The summed E-state index contributed by atoms with van der Waals surface area (Å²) in [7, 11) is -3.86. The monoisotopic (exact) mass is 526 g/mol. The van der Waals surface area contributed by atoms with E-state index in [4.69, 9.17) is 0 Å². The van der Waals surface area contributed by atoms with Gasteiger partial charge in [0.15, 0.2) is 21.3 Å². The van der Waals surface area contributed by atoms with Gasteiger partial charge in [0.25, 0.3) is 0 Å². The van der Waals surface area contributed by atoms with Crippen LogP contribution in [0, 0.1) is 0 Å². The second-order valence-electron chi connectivity index (χ2n) is 6.79. The molecule has 0 N–H and O–H groups in total. The van der Waals surface area contributed by atoms with Crippen molar-refractivity contribution in [2.45, 2.75) is 18.0 Å². The predicted molar refractivity (Wildman–Crippen MR) is 114 cm³/mol. The molecule has 0 bridgehead atoms. The molecular formula is C20H14BrF3N4O3S. The lowest BCUT2D eigenvalue weighted by atomic mass is 10.1. The van der Waals surface area contributed by atoms with E-state index in [0.717, 1.165) is 16.6 Å². The fourth-order valence-corrected chi connectivity index (χ4v) is 4.36. The fourth-order valence-electron chi connectivity index (χ4n) is 3.06. The van der Waals surface area contributed by atoms with Gasteiger partial charge in [-0.3, -0.25) is 0 Å². The Bertz CT molecular complexity index is 1490. The number of halogens is 4. The molecule has 3 aromatic heterocycles. The summed E-state index contributed by atoms with van der Waals surface area (Å²) in [5.74, 6) is -0.554. The highest BCUT2D eigenvalue weighted by atomic mass is 79.9. The Labute approximate surface area is 188 Å². The zero-order valence-corrected chi connectivity index (χ0v) is 18.7. The van der Waals surface area contributed by atoms with Crippen LogP contribution in [-0.4, -0.2) is 33.3 Å². The molecule has 0 aliphatic carbocycles. The van der Waals surface area contributed by atoms with Crippen molar-refractivity contribution in [2.24, 2.45) is 0 Å². The van der Waals surface area contributed by atoms with Gasteiger partial charge in [-0.1, -0.05) is 35.0 Å². The van der Waals surface area contributed by atoms with E-state index >= 15 is 0 Å². The maximum absolute atomic E-state index is 13.0. The fraction of sp³-hybridized carbons (Fsp3) is 0.150. The van der Waals surface area contributed by atoms with E-state index in [1.807, 2.05) is 0 Å². The van der Waals surface area contributed by atoms with E-state index in [9.17, 15) is 26.4 Å². The molecule has 0 atom stereocenters. The van der Waals surface area contributed by atoms with Crippen LogP contribution in [-0.2, 0) is 16.0 Å². The normalized spacial score (nSPS) is 12.4. The quantitative estimate of drug-likeness (QED) is 0.399. The minimum atomic E-state index is -4.66. The van der Waals surface area contributed by atoms with Crippen molar-refractivity contribution in [1.82, 2.24) is 19.2 Å². The Hall–Kier alpha value is -2.99. The van der Waals surface area contributed by atoms with Crippen LogP contribution in [0.2, 0.25) is 0 Å². The largest absolute Gasteiger partial charge is 0.417 e. The minimum Gasteiger partial charge on any atom is -0.249 e. The Balaban J connectivity index is 1.95. The van der Waals surface area contributed by atoms with Crippen molar-refractivity contribution in [3.63, 3.8) is 0 Å². The molecule has 0 saturated heterocycles. The first-order valence-corrected chi connectivity index (χ1v) is 11.6. The van der Waals surface area contributed by atoms with E-state index in [0.29, 0.717) is 26.4 Å². The van der Waals surface area contributed by atoms with E-state index in [-0.39, 0.29) is 22.1 Å². The number of aromatic nitrogens is 4. The van der Waals surface area contributed by atoms with Crippen LogP contribution in [0.4, 0.5) is 13.2 Å². The predicted octanol–water partition coefficient (Wildman–Crippen LogP) is 4.12. The molecule has 1 aromatic carbocycles. The lowest BCUT2D eigenvalue weighted by Gasteiger charge is -2.10. The molecule has 0 aliphatic heterocycles. The van der Waals surface area contributed by atoms with Gasteiger partial charge in [-0.2, -0.15) is 17.9 Å². The molecule has 0 aliphatic rings. The molecule has 0 fully saturated rings. The van der Waals surface area contributed by atoms with Crippen LogP contribution in [0.5, 0.6) is 0 Å². The SMILES string of the molecule is CCS(=O)(=O)c1cc(-c2ccc(Br)cc2)cnc1-n1nc2ccc(C(F)(F)F)cn2c1=O. The standard InChI is InChI=1S/C20H14BrF3N4O3S/c1-2-32(30,31)16-9-13(12-3-6-15(21)7-4-12)10-25-18(16)28-19(29)27-11-14(20(22,23)24)5-8-17(27)26-28/h3-11H,2H2,1H3. The first-order chi connectivity index (χ1) is 15.0. The molecule has 12 heteroatoms. The summed E-state index contributed by atoms with van der Waals surface area (Å²) in [4.78, 5) is 16.7. The number of nitrogens with zero attached hydrogens (tertiary/aromatic N) is 4. The lowest BCUT2D eigenvalue weighted by molar-refractivity contribution is -0.137. The third-order valence-corrected chi connectivity index (χ3v) is 7.03. The molecule has 0 amide bonds. The highest BCUT2D eigenvalue weighted by Crippen LogP contribution is 2.29. The van der Waals surface area contributed by atoms with Crippen molar-refractivity contribution in [1.29, 1.82) is 0 Å². The number of benzene rings is 1. The van der Waals surface area contributed by atoms with E-state index < -0.39 is 27.3 Å². The average molecular weight is 527 g/mol. The van der Waals surface area contributed by atoms with Gasteiger partial charge in [0.1, 0.15) is 4.90 Å². The van der Waals surface area contributed by atoms with Crippen LogP contribution in [0.15, 0.2) is 69.0 Å². The maximum atomic E-state index is 13.0. The van der Waals surface area contributed by atoms with Gasteiger partial charge in [-0.05, 0) is 35.9 Å². The Morgan fingerprint density at radius 3 is 2.38 bits per heavy atom. The molecule has 0 unspecified atom stereocenters. The van der Waals surface area contributed by atoms with Gasteiger partial charge in [0.2, 0.25) is 0 Å². The van der Waals surface area contributed by atoms with E-state index in [1.165, 1.54) is 19.2 Å². The van der Waals surface area contributed by atoms with Crippen LogP contribution in [0.1, 0.15) is 12.5 Å². The molecule has 166 valence electrons. The van der Waals surface area contributed by atoms with Crippen molar-refractivity contribution in [3.05, 3.63) is 75.4 Å². The molecule has 7 nitrogen and oxygen atoms in total. The average Bonchev–Trinajstić information content (AvgIpc) is 3.09. The van der Waals surface area contributed by atoms with Crippen LogP contribution >= 0.6 is 15.9 Å². The van der Waals surface area contributed by atoms with Gasteiger partial charge >= 0.3 is 11.9 Å². The van der Waals surface area contributed by atoms with Gasteiger partial charge in [-0.15, -0.1) is 5.10 Å². The third-order valence-electron chi connectivity index (χ3n) is 4.77. The summed E-state index contributed by atoms with van der Waals surface area (Å²) >= 11 is 3.33. The molecular weight excluding hydrogens is 513 g/mol. The summed E-state index contributed by atoms with van der Waals surface area (Å²) in [6, 6.07) is 10.3.